The summed E-state index contributed by atoms with van der Waals surface area (Å²) in [4.78, 5) is 37.2. The summed E-state index contributed by atoms with van der Waals surface area (Å²) in [6, 6.07) is 35.5. The average Bonchev–Trinajstić information content (AvgIpc) is 3.33. The van der Waals surface area contributed by atoms with E-state index in [-0.39, 0.29) is 53.2 Å². The third kappa shape index (κ3) is 14.4. The molecule has 0 unspecified atom stereocenters. The molecule has 0 saturated heterocycles. The zero-order valence-corrected chi connectivity index (χ0v) is 39.1. The smallest absolute Gasteiger partial charge is 0.323 e. The van der Waals surface area contributed by atoms with E-state index in [1.807, 2.05) is 25.1 Å². The van der Waals surface area contributed by atoms with Crippen LogP contribution in [-0.4, -0.2) is 71.7 Å². The molecule has 0 spiro atoms. The zero-order valence-electron chi connectivity index (χ0n) is 37.5. The van der Waals surface area contributed by atoms with Crippen LogP contribution in [0, 0.1) is 13.8 Å². The number of ether oxygens (including phenoxy) is 1. The van der Waals surface area contributed by atoms with Crippen LogP contribution < -0.4 is 4.90 Å². The van der Waals surface area contributed by atoms with Crippen LogP contribution in [0.3, 0.4) is 0 Å². The normalized spacial score (nSPS) is 12.1. The average molecular weight is 997 g/mol. The maximum absolute atomic E-state index is 12.3. The van der Waals surface area contributed by atoms with Gasteiger partial charge in [0.15, 0.2) is 6.73 Å². The summed E-state index contributed by atoms with van der Waals surface area (Å²) in [6.45, 7) is 2.78. The molecule has 6 aromatic carbocycles. The Morgan fingerprint density at radius 3 is 1.51 bits per heavy atom. The lowest BCUT2D eigenvalue weighted by Crippen LogP contribution is -2.34. The Bertz CT molecular complexity index is 3430. The lowest BCUT2D eigenvalue weighted by atomic mass is 10.1. The number of benzene rings is 6. The molecule has 0 aliphatic heterocycles. The van der Waals surface area contributed by atoms with Gasteiger partial charge in [-0.05, 0) is 127 Å². The Labute approximate surface area is 405 Å². The number of rotatable bonds is 20. The van der Waals surface area contributed by atoms with E-state index in [1.54, 1.807) is 79.7 Å². The summed E-state index contributed by atoms with van der Waals surface area (Å²) in [5.74, 6) is -0.700. The zero-order chi connectivity index (χ0) is 50.5. The van der Waals surface area contributed by atoms with Crippen molar-refractivity contribution in [3.8, 4) is 0 Å². The van der Waals surface area contributed by atoms with Gasteiger partial charge >= 0.3 is 5.97 Å². The molecule has 0 amide bonds. The number of carboxylic acids is 1. The van der Waals surface area contributed by atoms with Gasteiger partial charge < -0.3 is 9.84 Å². The number of hydrogen-bond donors (Lipinski definition) is 3. The predicted molar refractivity (Wildman–Crippen MR) is 257 cm³/mol. The lowest BCUT2D eigenvalue weighted by molar-refractivity contribution is -0.136. The molecule has 360 valence electrons. The minimum atomic E-state index is -4.73. The van der Waals surface area contributed by atoms with E-state index in [4.69, 9.17) is 14.3 Å². The van der Waals surface area contributed by atoms with Gasteiger partial charge in [-0.25, -0.2) is 4.98 Å². The van der Waals surface area contributed by atoms with Gasteiger partial charge in [0.2, 0.25) is 5.95 Å². The summed E-state index contributed by atoms with van der Waals surface area (Å²) in [5, 5.41) is 43.1. The van der Waals surface area contributed by atoms with E-state index in [9.17, 15) is 36.1 Å². The van der Waals surface area contributed by atoms with Gasteiger partial charge in [0.25, 0.3) is 26.7 Å². The summed E-state index contributed by atoms with van der Waals surface area (Å²) in [7, 11) is -9.05. The maximum Gasteiger partial charge on any atom is 0.323 e. The molecule has 0 aliphatic rings. The molecule has 1 heterocycles. The van der Waals surface area contributed by atoms with Gasteiger partial charge in [-0.3, -0.25) is 23.6 Å². The highest BCUT2D eigenvalue weighted by Gasteiger charge is 2.20. The third-order valence-electron chi connectivity index (χ3n) is 9.93. The van der Waals surface area contributed by atoms with Gasteiger partial charge in [-0.15, -0.1) is 5.11 Å². The third-order valence-corrected chi connectivity index (χ3v) is 11.7. The van der Waals surface area contributed by atoms with Gasteiger partial charge in [0.05, 0.1) is 44.7 Å². The lowest BCUT2D eigenvalue weighted by Gasteiger charge is -2.20. The van der Waals surface area contributed by atoms with Gasteiger partial charge in [-0.1, -0.05) is 42.5 Å². The summed E-state index contributed by atoms with van der Waals surface area (Å²) >= 11 is 0. The topological polar surface area (TPSA) is 313 Å². The van der Waals surface area contributed by atoms with Crippen LogP contribution in [0.2, 0.25) is 0 Å². The van der Waals surface area contributed by atoms with Crippen molar-refractivity contribution in [3.63, 3.8) is 0 Å². The second kappa shape index (κ2) is 22.6. The number of anilines is 1. The van der Waals surface area contributed by atoms with Crippen LogP contribution in [-0.2, 0) is 47.4 Å². The van der Waals surface area contributed by atoms with Crippen molar-refractivity contribution in [2.75, 3.05) is 18.2 Å². The van der Waals surface area contributed by atoms with Crippen molar-refractivity contribution < 1.29 is 45.4 Å². The molecule has 1 aromatic heterocycles. The molecule has 0 bridgehead atoms. The van der Waals surface area contributed by atoms with E-state index < -0.39 is 44.4 Å². The first-order valence-electron chi connectivity index (χ1n) is 20.9. The number of aryl methyl sites for hydroxylation is 2. The van der Waals surface area contributed by atoms with E-state index in [0.717, 1.165) is 22.8 Å². The first kappa shape index (κ1) is 50.2. The van der Waals surface area contributed by atoms with Crippen LogP contribution in [0.4, 0.5) is 51.4 Å². The minimum absolute atomic E-state index is 0.0393. The fraction of sp³-hybridized carbons (Fsp3) is 0.128. The molecule has 7 rings (SSSR count). The number of aliphatic carboxylic acids is 1. The Kier molecular flexibility index (Phi) is 16.0. The predicted octanol–water partition coefficient (Wildman–Crippen LogP) is 10.8. The van der Waals surface area contributed by atoms with Gasteiger partial charge in [0, 0.05) is 12.8 Å². The molecule has 0 fully saturated rings. The molecule has 0 atom stereocenters. The molecule has 0 saturated carbocycles. The number of hydrogen-bond acceptors (Lipinski definition) is 19. The van der Waals surface area contributed by atoms with E-state index in [0.29, 0.717) is 39.7 Å². The fourth-order valence-corrected chi connectivity index (χ4v) is 7.65. The van der Waals surface area contributed by atoms with Gasteiger partial charge in [-0.2, -0.15) is 62.6 Å². The summed E-state index contributed by atoms with van der Waals surface area (Å²) in [6.07, 6.45) is 0.343. The number of carbonyl (C=O) groups excluding carboxylic acids is 1. The van der Waals surface area contributed by atoms with Crippen molar-refractivity contribution in [2.24, 2.45) is 40.9 Å². The fourth-order valence-electron chi connectivity index (χ4n) is 6.53. The number of aromatic nitrogens is 3. The Morgan fingerprint density at radius 1 is 0.563 bits per heavy atom. The highest BCUT2D eigenvalue weighted by Crippen LogP contribution is 2.33. The molecule has 24 heteroatoms. The Morgan fingerprint density at radius 2 is 1.01 bits per heavy atom. The molecule has 3 N–H and O–H groups in total. The summed E-state index contributed by atoms with van der Waals surface area (Å²) in [5.41, 5.74) is 5.91. The Hall–Kier alpha value is -8.71. The van der Waals surface area contributed by atoms with Crippen LogP contribution in [0.25, 0.3) is 0 Å². The molecule has 71 heavy (non-hydrogen) atoms. The quantitative estimate of drug-likeness (QED) is 0.0277. The van der Waals surface area contributed by atoms with Crippen molar-refractivity contribution in [3.05, 3.63) is 167 Å². The highest BCUT2D eigenvalue weighted by atomic mass is 32.2. The SMILES string of the molecule is Cc1cc(Cc2nc(Cc3ccc(N=Nc4ccc(N=Nc5ccccc5)cc4S(=O)(=O)O)c(C)c3)nc(N(COC=O)CC(=O)O)n2)ccc1N=Nc1ccc(N=Nc2ccc(S(=O)(=O)O)cc2)cc1. The number of nitrogens with zero attached hydrogens (tertiary/aromatic N) is 12. The maximum atomic E-state index is 12.3. The molecular weight excluding hydrogens is 957 g/mol. The van der Waals surface area contributed by atoms with Gasteiger partial charge in [0.1, 0.15) is 28.8 Å². The first-order chi connectivity index (χ1) is 34.0. The number of carboxylic acid groups (broad SMARTS) is 1. The summed E-state index contributed by atoms with van der Waals surface area (Å²) < 4.78 is 71.2. The van der Waals surface area contributed by atoms with Crippen LogP contribution in [0.1, 0.15) is 33.9 Å². The molecule has 7 aromatic rings. The van der Waals surface area contributed by atoms with Crippen LogP contribution in [0.15, 0.2) is 184 Å². The largest absolute Gasteiger partial charge is 0.480 e. The van der Waals surface area contributed by atoms with Crippen molar-refractivity contribution in [1.82, 2.24) is 15.0 Å². The molecular formula is C47H40N12O10S2. The van der Waals surface area contributed by atoms with E-state index in [2.05, 4.69) is 50.9 Å². The molecule has 0 aliphatic carbocycles. The number of azo groups is 4. The highest BCUT2D eigenvalue weighted by molar-refractivity contribution is 7.86. The van der Waals surface area contributed by atoms with Crippen molar-refractivity contribution >= 4 is 84.1 Å². The van der Waals surface area contributed by atoms with E-state index >= 15 is 0 Å². The van der Waals surface area contributed by atoms with Crippen LogP contribution >= 0.6 is 0 Å². The second-order valence-electron chi connectivity index (χ2n) is 15.3. The Balaban J connectivity index is 1.07. The minimum Gasteiger partial charge on any atom is -0.480 e. The molecule has 22 nitrogen and oxygen atoms in total. The first-order valence-corrected chi connectivity index (χ1v) is 23.8. The second-order valence-corrected chi connectivity index (χ2v) is 18.1. The van der Waals surface area contributed by atoms with Crippen LogP contribution in [0.5, 0.6) is 0 Å². The monoisotopic (exact) mass is 996 g/mol. The van der Waals surface area contributed by atoms with E-state index in [1.165, 1.54) is 41.3 Å². The molecule has 0 radical (unpaired) electrons. The van der Waals surface area contributed by atoms with Crippen molar-refractivity contribution in [1.29, 1.82) is 0 Å². The van der Waals surface area contributed by atoms with Crippen molar-refractivity contribution in [2.45, 2.75) is 36.5 Å². The number of carbonyl (C=O) groups is 2. The standard InChI is InChI=1S/C47H40N12O10S2/c1-30-22-32(8-19-40(30)56-54-36-12-10-35(11-13-36)52-53-37-14-17-39(18-15-37)70(63,64)65)24-44-48-45(50-47(49-44)59(27-46(61)62)28-69-29-60)25-33-9-20-41(31(2)23-33)57-58-42-21-16-38(26-43(42)71(66,67)68)55-51-34-6-4-3-5-7-34/h3-23,26,29H,24-25,27-28H2,1-2H3,(H,61,62)(H,63,64,65)(H,66,67,68).